The molecule has 2 saturated carbocycles. The Morgan fingerprint density at radius 3 is 1.24 bits per heavy atom. The molecule has 4 fully saturated rings. The zero-order valence-electron chi connectivity index (χ0n) is 53.2. The predicted molar refractivity (Wildman–Crippen MR) is 346 cm³/mol. The molecular weight excluding hydrogens is 1120 g/mol. The highest BCUT2D eigenvalue weighted by Gasteiger charge is 2.43. The van der Waals surface area contributed by atoms with E-state index in [9.17, 15) is 38.4 Å². The minimum Gasteiger partial charge on any atom is -0.343 e. The first kappa shape index (κ1) is 66.0. The summed E-state index contributed by atoms with van der Waals surface area (Å²) in [6.07, 6.45) is 15.6. The van der Waals surface area contributed by atoms with Gasteiger partial charge in [-0.2, -0.15) is 0 Å². The molecule has 0 aromatic heterocycles. The molecule has 2 aliphatic heterocycles. The molecule has 18 nitrogen and oxygen atoms in total. The van der Waals surface area contributed by atoms with Gasteiger partial charge in [-0.15, -0.1) is 0 Å². The molecular formula is C71H96N10O8. The third-order valence-electron chi connectivity index (χ3n) is 19.7. The van der Waals surface area contributed by atoms with E-state index in [0.717, 1.165) is 101 Å². The normalized spacial score (nSPS) is 19.6. The molecule has 6 aliphatic rings. The zero-order chi connectivity index (χ0) is 63.0. The first-order chi connectivity index (χ1) is 43.3. The van der Waals surface area contributed by atoms with Crippen molar-refractivity contribution < 1.29 is 38.4 Å². The van der Waals surface area contributed by atoms with Crippen molar-refractivity contribution in [2.24, 2.45) is 11.8 Å². The monoisotopic (exact) mass is 1220 g/mol. The van der Waals surface area contributed by atoms with Gasteiger partial charge in [-0.1, -0.05) is 125 Å². The molecule has 6 N–H and O–H groups in total. The van der Waals surface area contributed by atoms with Crippen molar-refractivity contribution >= 4 is 47.3 Å². The quantitative estimate of drug-likeness (QED) is 0.0458. The predicted octanol–water partition coefficient (Wildman–Crippen LogP) is 6.77. The number of nitrogens with zero attached hydrogens (tertiary/aromatic N) is 4. The Morgan fingerprint density at radius 1 is 0.483 bits per heavy atom. The molecule has 4 unspecified atom stereocenters. The van der Waals surface area contributed by atoms with Crippen LogP contribution in [-0.4, -0.2) is 169 Å². The summed E-state index contributed by atoms with van der Waals surface area (Å²) >= 11 is 0. The van der Waals surface area contributed by atoms with E-state index in [0.29, 0.717) is 63.0 Å². The van der Waals surface area contributed by atoms with Gasteiger partial charge >= 0.3 is 0 Å². The maximum Gasteiger partial charge on any atom is 0.251 e. The van der Waals surface area contributed by atoms with Crippen LogP contribution in [0.5, 0.6) is 0 Å². The number of rotatable bonds is 23. The van der Waals surface area contributed by atoms with Crippen LogP contribution < -0.4 is 31.9 Å². The molecule has 8 amide bonds. The van der Waals surface area contributed by atoms with Gasteiger partial charge in [0.05, 0.1) is 25.7 Å². The largest absolute Gasteiger partial charge is 0.343 e. The van der Waals surface area contributed by atoms with E-state index in [1.165, 1.54) is 22.3 Å². The minimum absolute atomic E-state index is 0.0505. The molecule has 4 aromatic carbocycles. The standard InChI is InChI=1S/C69H90N10O8.C2H6/c1-45(71-3)65(83)75-64(49-18-8-5-9-19-49)69(87)77-35-15-25-57(77)44-79(59-38-54-22-12-13-23-55(54)39-59)62(82)42-73-67(85)51-32-28-47(29-33-51)46-26-30-50(31-27-46)66(84)72-41-61(81)78(58-36-52-20-10-11-21-53(52)37-58)43-56-24-14-34-76(56)68(86)63(74-60(80)40-70-2)48-16-6-4-7-17-48;1-2/h10-13,20-23,26-33,45,48-49,56-59,63-64,70-71H,4-9,14-19,24-25,34-44H2,1-3H3,(H,72,84)(H,73,85)(H,74,80)(H,75,83);1-2H3/t45-,56?,57?,63?,64?;/m0./s1. The number of benzene rings is 4. The summed E-state index contributed by atoms with van der Waals surface area (Å²) in [6.45, 7) is 7.23. The Bertz CT molecular complexity index is 3040. The van der Waals surface area contributed by atoms with Crippen molar-refractivity contribution in [3.05, 3.63) is 130 Å². The van der Waals surface area contributed by atoms with Gasteiger partial charge in [0.25, 0.3) is 11.8 Å². The number of amides is 8. The van der Waals surface area contributed by atoms with E-state index in [-0.39, 0.29) is 91.1 Å². The van der Waals surface area contributed by atoms with Gasteiger partial charge in [0.1, 0.15) is 12.1 Å². The summed E-state index contributed by atoms with van der Waals surface area (Å²) < 4.78 is 0. The van der Waals surface area contributed by atoms with Crippen LogP contribution in [0.4, 0.5) is 0 Å². The second-order valence-electron chi connectivity index (χ2n) is 25.3. The number of likely N-dealkylation sites (N-methyl/N-ethyl adjacent to an activating group) is 2. The first-order valence-electron chi connectivity index (χ1n) is 33.3. The molecule has 10 rings (SSSR count). The molecule has 2 heterocycles. The molecule has 89 heavy (non-hydrogen) atoms. The Hall–Kier alpha value is -7.44. The van der Waals surface area contributed by atoms with Crippen LogP contribution in [0.2, 0.25) is 0 Å². The van der Waals surface area contributed by atoms with Gasteiger partial charge in [0.15, 0.2) is 0 Å². The van der Waals surface area contributed by atoms with E-state index in [1.54, 1.807) is 45.3 Å². The van der Waals surface area contributed by atoms with Crippen LogP contribution in [0.1, 0.15) is 154 Å². The Balaban J connectivity index is 0.00000466. The van der Waals surface area contributed by atoms with E-state index in [1.807, 2.05) is 82.0 Å². The minimum atomic E-state index is -0.632. The summed E-state index contributed by atoms with van der Waals surface area (Å²) in [6, 6.07) is 28.1. The number of carbonyl (C=O) groups excluding carboxylic acids is 8. The lowest BCUT2D eigenvalue weighted by atomic mass is 9.83. The van der Waals surface area contributed by atoms with Gasteiger partial charge in [0, 0.05) is 61.5 Å². The second-order valence-corrected chi connectivity index (χ2v) is 25.3. The van der Waals surface area contributed by atoms with Gasteiger partial charge in [-0.3, -0.25) is 38.4 Å². The molecule has 4 aromatic rings. The van der Waals surface area contributed by atoms with Gasteiger partial charge < -0.3 is 51.5 Å². The second kappa shape index (κ2) is 31.8. The fourth-order valence-electron chi connectivity index (χ4n) is 14.7. The average molecular weight is 1220 g/mol. The summed E-state index contributed by atoms with van der Waals surface area (Å²) in [5.74, 6) is -1.69. The highest BCUT2D eigenvalue weighted by Crippen LogP contribution is 2.34. The molecule has 18 heteroatoms. The lowest BCUT2D eigenvalue weighted by Crippen LogP contribution is -2.58. The van der Waals surface area contributed by atoms with E-state index in [4.69, 9.17) is 0 Å². The molecule has 2 saturated heterocycles. The Morgan fingerprint density at radius 2 is 0.865 bits per heavy atom. The van der Waals surface area contributed by atoms with Crippen molar-refractivity contribution in [1.29, 1.82) is 0 Å². The van der Waals surface area contributed by atoms with Crippen LogP contribution in [0, 0.1) is 11.8 Å². The molecule has 0 radical (unpaired) electrons. The van der Waals surface area contributed by atoms with Gasteiger partial charge in [-0.05, 0) is 168 Å². The van der Waals surface area contributed by atoms with Gasteiger partial charge in [-0.25, -0.2) is 0 Å². The van der Waals surface area contributed by atoms with Crippen molar-refractivity contribution in [1.82, 2.24) is 51.5 Å². The van der Waals surface area contributed by atoms with Crippen molar-refractivity contribution in [2.45, 2.75) is 179 Å². The van der Waals surface area contributed by atoms with E-state index >= 15 is 0 Å². The lowest BCUT2D eigenvalue weighted by molar-refractivity contribution is -0.141. The smallest absolute Gasteiger partial charge is 0.251 e. The highest BCUT2D eigenvalue weighted by molar-refractivity contribution is 5.98. The fraction of sp³-hybridized carbons (Fsp3) is 0.549. The molecule has 0 spiro atoms. The molecule has 478 valence electrons. The third kappa shape index (κ3) is 16.5. The number of likely N-dealkylation sites (tertiary alicyclic amines) is 2. The van der Waals surface area contributed by atoms with Crippen LogP contribution in [0.3, 0.4) is 0 Å². The van der Waals surface area contributed by atoms with Gasteiger partial charge in [0.2, 0.25) is 35.4 Å². The highest BCUT2D eigenvalue weighted by atomic mass is 16.2. The molecule has 5 atom stereocenters. The maximum atomic E-state index is 14.6. The van der Waals surface area contributed by atoms with Crippen molar-refractivity contribution in [3.63, 3.8) is 0 Å². The molecule has 4 aliphatic carbocycles. The Labute approximate surface area is 526 Å². The van der Waals surface area contributed by atoms with E-state index in [2.05, 4.69) is 56.2 Å². The number of hydrogen-bond donors (Lipinski definition) is 6. The molecule has 0 bridgehead atoms. The summed E-state index contributed by atoms with van der Waals surface area (Å²) in [4.78, 5) is 119. The number of carbonyl (C=O) groups is 8. The third-order valence-corrected chi connectivity index (χ3v) is 19.7. The number of fused-ring (bicyclic) bond motifs is 2. The summed E-state index contributed by atoms with van der Waals surface area (Å²) in [7, 11) is 3.45. The fourth-order valence-corrected chi connectivity index (χ4v) is 14.7. The Kier molecular flexibility index (Phi) is 23.6. The van der Waals surface area contributed by atoms with Crippen LogP contribution in [0.15, 0.2) is 97.1 Å². The van der Waals surface area contributed by atoms with Crippen molar-refractivity contribution in [2.75, 3.05) is 59.9 Å². The number of nitrogens with one attached hydrogen (secondary N) is 6. The summed E-state index contributed by atoms with van der Waals surface area (Å²) in [5, 5.41) is 17.9. The lowest BCUT2D eigenvalue weighted by Gasteiger charge is -2.38. The maximum absolute atomic E-state index is 14.6. The summed E-state index contributed by atoms with van der Waals surface area (Å²) in [5.41, 5.74) is 7.13. The van der Waals surface area contributed by atoms with Crippen molar-refractivity contribution in [3.8, 4) is 11.1 Å². The number of hydrogen-bond acceptors (Lipinski definition) is 10. The zero-order valence-corrected chi connectivity index (χ0v) is 53.2. The first-order valence-corrected chi connectivity index (χ1v) is 33.3. The van der Waals surface area contributed by atoms with Crippen LogP contribution in [0.25, 0.3) is 11.1 Å². The van der Waals surface area contributed by atoms with E-state index < -0.39 is 29.9 Å². The topological polar surface area (TPSA) is 222 Å². The average Bonchev–Trinajstić information content (AvgIpc) is 2.02. The SMILES string of the molecule is CC.CNCC(=O)NC(C(=O)N1CCCC1CN(C(=O)CNC(=O)c1ccc(-c2ccc(C(=O)NCC(=O)N(CC3CCCN3C(=O)C(NC(=O)[C@H](C)NC)C3CCCCC3)C3Cc4ccccc4C3)cc2)cc1)C1Cc2ccccc2C1)C1CCCCC1. The van der Waals surface area contributed by atoms with Crippen LogP contribution >= 0.6 is 0 Å². The van der Waals surface area contributed by atoms with Crippen LogP contribution in [-0.2, 0) is 54.5 Å².